The van der Waals surface area contributed by atoms with Gasteiger partial charge in [-0.15, -0.1) is 0 Å². The Morgan fingerprint density at radius 1 is 1.73 bits per heavy atom. The highest BCUT2D eigenvalue weighted by atomic mass is 16.5. The van der Waals surface area contributed by atoms with E-state index in [1.807, 2.05) is 13.0 Å². The number of carbonyl (C=O) groups excluding carboxylic acids is 1. The van der Waals surface area contributed by atoms with Crippen LogP contribution in [0.15, 0.2) is 12.3 Å². The fourth-order valence-corrected chi connectivity index (χ4v) is 1.12. The van der Waals surface area contributed by atoms with Gasteiger partial charge in [0, 0.05) is 13.5 Å². The minimum Gasteiger partial charge on any atom is -0.498 e. The van der Waals surface area contributed by atoms with Crippen molar-refractivity contribution in [1.29, 1.82) is 0 Å². The van der Waals surface area contributed by atoms with Crippen LogP contribution in [0.25, 0.3) is 0 Å². The van der Waals surface area contributed by atoms with Gasteiger partial charge in [0.25, 0.3) is 0 Å². The summed E-state index contributed by atoms with van der Waals surface area (Å²) in [5, 5.41) is 0. The van der Waals surface area contributed by atoms with Gasteiger partial charge in [-0.1, -0.05) is 0 Å². The molecular formula is C8H13NO2. The number of rotatable bonds is 2. The van der Waals surface area contributed by atoms with Crippen LogP contribution in [0.2, 0.25) is 0 Å². The number of nitrogens with zero attached hydrogens (tertiary/aromatic N) is 1. The molecule has 0 saturated carbocycles. The summed E-state index contributed by atoms with van der Waals surface area (Å²) in [6.45, 7) is 2.00. The summed E-state index contributed by atoms with van der Waals surface area (Å²) >= 11 is 0. The Kier molecular flexibility index (Phi) is 2.52. The molecule has 0 aliphatic carbocycles. The molecule has 0 aromatic rings. The summed E-state index contributed by atoms with van der Waals surface area (Å²) in [5.74, 6) is 0. The van der Waals surface area contributed by atoms with E-state index in [0.717, 1.165) is 12.8 Å². The maximum atomic E-state index is 10.4. The Bertz CT molecular complexity index is 167. The van der Waals surface area contributed by atoms with Crippen molar-refractivity contribution >= 4 is 6.41 Å². The Morgan fingerprint density at radius 2 is 2.45 bits per heavy atom. The molecule has 1 rings (SSSR count). The SMILES string of the molecule is C[C@@H]1C[C@H](N(C)C=O)C=CO1. The van der Waals surface area contributed by atoms with Crippen LogP contribution in [0.5, 0.6) is 0 Å². The summed E-state index contributed by atoms with van der Waals surface area (Å²) in [6, 6.07) is 0.205. The molecule has 62 valence electrons. The van der Waals surface area contributed by atoms with Crippen LogP contribution in [0, 0.1) is 0 Å². The third kappa shape index (κ3) is 1.97. The van der Waals surface area contributed by atoms with Gasteiger partial charge < -0.3 is 9.64 Å². The summed E-state index contributed by atoms with van der Waals surface area (Å²) in [6.07, 6.45) is 5.50. The lowest BCUT2D eigenvalue weighted by Crippen LogP contribution is -2.33. The van der Waals surface area contributed by atoms with Gasteiger partial charge in [0.1, 0.15) is 0 Å². The van der Waals surface area contributed by atoms with Gasteiger partial charge in [-0.2, -0.15) is 0 Å². The van der Waals surface area contributed by atoms with E-state index in [2.05, 4.69) is 0 Å². The van der Waals surface area contributed by atoms with Crippen molar-refractivity contribution in [1.82, 2.24) is 4.90 Å². The quantitative estimate of drug-likeness (QED) is 0.551. The van der Waals surface area contributed by atoms with E-state index in [-0.39, 0.29) is 12.1 Å². The Balaban J connectivity index is 2.52. The molecular weight excluding hydrogens is 142 g/mol. The number of ether oxygens (including phenoxy) is 1. The normalized spacial score (nSPS) is 29.3. The summed E-state index contributed by atoms with van der Waals surface area (Å²) < 4.78 is 5.18. The van der Waals surface area contributed by atoms with Crippen LogP contribution in [-0.2, 0) is 9.53 Å². The maximum absolute atomic E-state index is 10.4. The standard InChI is InChI=1S/C8H13NO2/c1-7-5-8(3-4-11-7)9(2)6-10/h3-4,6-8H,5H2,1-2H3/t7-,8-/m1/s1. The van der Waals surface area contributed by atoms with Gasteiger partial charge in [0.2, 0.25) is 6.41 Å². The zero-order valence-electron chi connectivity index (χ0n) is 6.86. The van der Waals surface area contributed by atoms with Gasteiger partial charge in [-0.3, -0.25) is 4.79 Å². The van der Waals surface area contributed by atoms with E-state index in [9.17, 15) is 4.79 Å². The molecule has 1 aliphatic rings. The molecule has 0 saturated heterocycles. The fourth-order valence-electron chi connectivity index (χ4n) is 1.12. The van der Waals surface area contributed by atoms with E-state index < -0.39 is 0 Å². The van der Waals surface area contributed by atoms with Crippen molar-refractivity contribution in [3.05, 3.63) is 12.3 Å². The lowest BCUT2D eigenvalue weighted by atomic mass is 10.1. The van der Waals surface area contributed by atoms with E-state index in [4.69, 9.17) is 4.74 Å². The summed E-state index contributed by atoms with van der Waals surface area (Å²) in [5.41, 5.74) is 0. The van der Waals surface area contributed by atoms with Crippen molar-refractivity contribution in [3.63, 3.8) is 0 Å². The lowest BCUT2D eigenvalue weighted by molar-refractivity contribution is -0.118. The van der Waals surface area contributed by atoms with Crippen molar-refractivity contribution in [2.75, 3.05) is 7.05 Å². The van der Waals surface area contributed by atoms with Crippen molar-refractivity contribution in [2.45, 2.75) is 25.5 Å². The predicted octanol–water partition coefficient (Wildman–Crippen LogP) is 0.766. The van der Waals surface area contributed by atoms with Crippen molar-refractivity contribution < 1.29 is 9.53 Å². The molecule has 0 fully saturated rings. The molecule has 0 aromatic carbocycles. The minimum atomic E-state index is 0.205. The molecule has 3 heteroatoms. The van der Waals surface area contributed by atoms with Crippen LogP contribution in [0.3, 0.4) is 0 Å². The van der Waals surface area contributed by atoms with E-state index in [1.165, 1.54) is 0 Å². The second-order valence-corrected chi connectivity index (χ2v) is 2.85. The highest BCUT2D eigenvalue weighted by Gasteiger charge is 2.17. The summed E-state index contributed by atoms with van der Waals surface area (Å²) in [7, 11) is 1.78. The first-order chi connectivity index (χ1) is 5.24. The largest absolute Gasteiger partial charge is 0.498 e. The summed E-state index contributed by atoms with van der Waals surface area (Å²) in [4.78, 5) is 12.0. The number of carbonyl (C=O) groups is 1. The molecule has 0 bridgehead atoms. The average molecular weight is 155 g/mol. The second kappa shape index (κ2) is 3.42. The highest BCUT2D eigenvalue weighted by molar-refractivity contribution is 5.47. The lowest BCUT2D eigenvalue weighted by Gasteiger charge is -2.27. The topological polar surface area (TPSA) is 29.5 Å². The first-order valence-corrected chi connectivity index (χ1v) is 3.73. The molecule has 1 amide bonds. The number of likely N-dealkylation sites (N-methyl/N-ethyl adjacent to an activating group) is 1. The van der Waals surface area contributed by atoms with Crippen molar-refractivity contribution in [3.8, 4) is 0 Å². The molecule has 0 spiro atoms. The van der Waals surface area contributed by atoms with Crippen LogP contribution in [0.4, 0.5) is 0 Å². The van der Waals surface area contributed by atoms with E-state index >= 15 is 0 Å². The van der Waals surface area contributed by atoms with Crippen LogP contribution in [-0.4, -0.2) is 30.5 Å². The minimum absolute atomic E-state index is 0.205. The van der Waals surface area contributed by atoms with Crippen LogP contribution >= 0.6 is 0 Å². The third-order valence-electron chi connectivity index (χ3n) is 1.87. The fraction of sp³-hybridized carbons (Fsp3) is 0.625. The van der Waals surface area contributed by atoms with Gasteiger partial charge in [-0.05, 0) is 13.0 Å². The van der Waals surface area contributed by atoms with Crippen molar-refractivity contribution in [2.24, 2.45) is 0 Å². The molecule has 0 N–H and O–H groups in total. The Labute approximate surface area is 66.6 Å². The molecule has 1 heterocycles. The van der Waals surface area contributed by atoms with Crippen LogP contribution in [0.1, 0.15) is 13.3 Å². The molecule has 11 heavy (non-hydrogen) atoms. The third-order valence-corrected chi connectivity index (χ3v) is 1.87. The zero-order valence-corrected chi connectivity index (χ0v) is 6.86. The highest BCUT2D eigenvalue weighted by Crippen LogP contribution is 2.13. The number of hydrogen-bond donors (Lipinski definition) is 0. The van der Waals surface area contributed by atoms with Crippen LogP contribution < -0.4 is 0 Å². The van der Waals surface area contributed by atoms with E-state index in [1.54, 1.807) is 18.2 Å². The Morgan fingerprint density at radius 3 is 3.00 bits per heavy atom. The first kappa shape index (κ1) is 8.11. The molecule has 3 nitrogen and oxygen atoms in total. The van der Waals surface area contributed by atoms with Gasteiger partial charge in [0.05, 0.1) is 18.4 Å². The smallest absolute Gasteiger partial charge is 0.209 e. The molecule has 0 radical (unpaired) electrons. The van der Waals surface area contributed by atoms with Gasteiger partial charge in [-0.25, -0.2) is 0 Å². The monoisotopic (exact) mass is 155 g/mol. The second-order valence-electron chi connectivity index (χ2n) is 2.85. The van der Waals surface area contributed by atoms with E-state index in [0.29, 0.717) is 0 Å². The molecule has 0 aromatic heterocycles. The maximum Gasteiger partial charge on any atom is 0.209 e. The van der Waals surface area contributed by atoms with Gasteiger partial charge >= 0.3 is 0 Å². The number of hydrogen-bond acceptors (Lipinski definition) is 2. The molecule has 0 unspecified atom stereocenters. The average Bonchev–Trinajstić information content (AvgIpc) is 2.03. The zero-order chi connectivity index (χ0) is 8.27. The Hall–Kier alpha value is -0.990. The number of amides is 1. The first-order valence-electron chi connectivity index (χ1n) is 3.73. The predicted molar refractivity (Wildman–Crippen MR) is 41.9 cm³/mol. The molecule has 1 aliphatic heterocycles. The molecule has 2 atom stereocenters. The van der Waals surface area contributed by atoms with Gasteiger partial charge in [0.15, 0.2) is 0 Å².